The van der Waals surface area contributed by atoms with Crippen molar-refractivity contribution < 1.29 is 9.53 Å². The fourth-order valence-electron chi connectivity index (χ4n) is 2.62. The Morgan fingerprint density at radius 2 is 1.91 bits per heavy atom. The molecule has 1 aromatic carbocycles. The average molecular weight is 351 g/mol. The quantitative estimate of drug-likeness (QED) is 0.845. The zero-order chi connectivity index (χ0) is 16.2. The third kappa shape index (κ3) is 3.95. The van der Waals surface area contributed by atoms with Crippen molar-refractivity contribution in [3.8, 4) is 5.75 Å². The highest BCUT2D eigenvalue weighted by atomic mass is 35.5. The third-order valence-electron chi connectivity index (χ3n) is 3.84. The van der Waals surface area contributed by atoms with Crippen molar-refractivity contribution in [2.45, 2.75) is 18.9 Å². The van der Waals surface area contributed by atoms with Crippen molar-refractivity contribution in [3.63, 3.8) is 0 Å². The molecule has 0 unspecified atom stereocenters. The van der Waals surface area contributed by atoms with Crippen LogP contribution in [-0.4, -0.2) is 35.0 Å². The van der Waals surface area contributed by atoms with E-state index in [1.54, 1.807) is 35.5 Å². The van der Waals surface area contributed by atoms with Crippen molar-refractivity contribution >= 4 is 29.1 Å². The van der Waals surface area contributed by atoms with Gasteiger partial charge in [0.15, 0.2) is 0 Å². The second kappa shape index (κ2) is 7.20. The van der Waals surface area contributed by atoms with Crippen LogP contribution in [0.2, 0.25) is 10.0 Å². The molecular weight excluding hydrogens is 335 g/mol. The summed E-state index contributed by atoms with van der Waals surface area (Å²) in [4.78, 5) is 18.2. The smallest absolute Gasteiger partial charge is 0.227 e. The highest BCUT2D eigenvalue weighted by Gasteiger charge is 2.28. The number of hydrogen-bond acceptors (Lipinski definition) is 3. The van der Waals surface area contributed by atoms with Gasteiger partial charge in [-0.25, -0.2) is 0 Å². The molecule has 1 saturated heterocycles. The summed E-state index contributed by atoms with van der Waals surface area (Å²) in [6, 6.07) is 8.89. The summed E-state index contributed by atoms with van der Waals surface area (Å²) in [6.45, 7) is 1.25. The van der Waals surface area contributed by atoms with Crippen LogP contribution in [0, 0.1) is 0 Å². The second-order valence-corrected chi connectivity index (χ2v) is 6.24. The van der Waals surface area contributed by atoms with Crippen molar-refractivity contribution in [1.82, 2.24) is 9.88 Å². The first kappa shape index (κ1) is 16.1. The Hall–Kier alpha value is -1.78. The number of rotatable bonds is 4. The number of nitrogens with zero attached hydrogens (tertiary/aromatic N) is 2. The maximum atomic E-state index is 12.5. The Bertz CT molecular complexity index is 674. The predicted octanol–water partition coefficient (Wildman–Crippen LogP) is 3.61. The Balaban J connectivity index is 1.59. The SMILES string of the molecule is O=C(Cc1c(Cl)cccc1Cl)N1CC[C@@H](Oc2ccncc2)C1. The molecule has 0 N–H and O–H groups in total. The number of pyridine rings is 1. The van der Waals surface area contributed by atoms with Crippen LogP contribution < -0.4 is 4.74 Å². The highest BCUT2D eigenvalue weighted by molar-refractivity contribution is 6.36. The molecule has 1 fully saturated rings. The standard InChI is InChI=1S/C17H16Cl2N2O2/c18-15-2-1-3-16(19)14(15)10-17(22)21-9-6-13(11-21)23-12-4-7-20-8-5-12/h1-5,7-8,13H,6,9-11H2/t13-/m1/s1. The molecule has 1 aliphatic heterocycles. The maximum absolute atomic E-state index is 12.5. The molecule has 3 rings (SSSR count). The van der Waals surface area contributed by atoms with Gasteiger partial charge < -0.3 is 9.64 Å². The van der Waals surface area contributed by atoms with Gasteiger partial charge in [-0.05, 0) is 29.8 Å². The van der Waals surface area contributed by atoms with Crippen molar-refractivity contribution in [3.05, 3.63) is 58.3 Å². The van der Waals surface area contributed by atoms with Gasteiger partial charge in [0.25, 0.3) is 0 Å². The molecule has 4 nitrogen and oxygen atoms in total. The summed E-state index contributed by atoms with van der Waals surface area (Å²) < 4.78 is 5.87. The van der Waals surface area contributed by atoms with Gasteiger partial charge in [-0.2, -0.15) is 0 Å². The van der Waals surface area contributed by atoms with Crippen LogP contribution in [0.25, 0.3) is 0 Å². The van der Waals surface area contributed by atoms with E-state index in [0.29, 0.717) is 28.7 Å². The lowest BCUT2D eigenvalue weighted by atomic mass is 10.1. The van der Waals surface area contributed by atoms with Gasteiger partial charge in [-0.15, -0.1) is 0 Å². The number of benzene rings is 1. The fourth-order valence-corrected chi connectivity index (χ4v) is 3.16. The van der Waals surface area contributed by atoms with E-state index < -0.39 is 0 Å². The molecule has 1 aromatic heterocycles. The number of hydrogen-bond donors (Lipinski definition) is 0. The number of likely N-dealkylation sites (tertiary alicyclic amines) is 1. The minimum Gasteiger partial charge on any atom is -0.488 e. The Morgan fingerprint density at radius 1 is 1.22 bits per heavy atom. The van der Waals surface area contributed by atoms with Gasteiger partial charge in [0.1, 0.15) is 11.9 Å². The molecule has 2 heterocycles. The largest absolute Gasteiger partial charge is 0.488 e. The number of ether oxygens (including phenoxy) is 1. The molecule has 120 valence electrons. The van der Waals surface area contributed by atoms with Crippen LogP contribution >= 0.6 is 23.2 Å². The van der Waals surface area contributed by atoms with E-state index in [2.05, 4.69) is 4.98 Å². The van der Waals surface area contributed by atoms with E-state index in [-0.39, 0.29) is 18.4 Å². The van der Waals surface area contributed by atoms with Crippen LogP contribution in [0.3, 0.4) is 0 Å². The van der Waals surface area contributed by atoms with Crippen molar-refractivity contribution in [2.75, 3.05) is 13.1 Å². The molecular formula is C17H16Cl2N2O2. The lowest BCUT2D eigenvalue weighted by Gasteiger charge is -2.18. The van der Waals surface area contributed by atoms with Gasteiger partial charge in [0, 0.05) is 35.4 Å². The van der Waals surface area contributed by atoms with Crippen molar-refractivity contribution in [1.29, 1.82) is 0 Å². The first-order valence-corrected chi connectivity index (χ1v) is 8.16. The van der Waals surface area contributed by atoms with Crippen LogP contribution in [0.5, 0.6) is 5.75 Å². The van der Waals surface area contributed by atoms with Crippen molar-refractivity contribution in [2.24, 2.45) is 0 Å². The lowest BCUT2D eigenvalue weighted by Crippen LogP contribution is -2.32. The van der Waals surface area contributed by atoms with E-state index >= 15 is 0 Å². The molecule has 0 aliphatic carbocycles. The van der Waals surface area contributed by atoms with Crippen LogP contribution in [0.1, 0.15) is 12.0 Å². The molecule has 0 bridgehead atoms. The van der Waals surface area contributed by atoms with E-state index in [4.69, 9.17) is 27.9 Å². The van der Waals surface area contributed by atoms with Gasteiger partial charge >= 0.3 is 0 Å². The second-order valence-electron chi connectivity index (χ2n) is 5.43. The van der Waals surface area contributed by atoms with Gasteiger partial charge in [-0.3, -0.25) is 9.78 Å². The first-order chi connectivity index (χ1) is 11.1. The Kier molecular flexibility index (Phi) is 5.03. The number of carbonyl (C=O) groups excluding carboxylic acids is 1. The normalized spacial score (nSPS) is 17.3. The molecule has 1 aliphatic rings. The van der Waals surface area contributed by atoms with E-state index in [1.807, 2.05) is 12.1 Å². The summed E-state index contributed by atoms with van der Waals surface area (Å²) in [6.07, 6.45) is 4.40. The van der Waals surface area contributed by atoms with E-state index in [0.717, 1.165) is 12.2 Å². The topological polar surface area (TPSA) is 42.4 Å². The summed E-state index contributed by atoms with van der Waals surface area (Å²) >= 11 is 12.3. The summed E-state index contributed by atoms with van der Waals surface area (Å²) in [5, 5.41) is 1.05. The van der Waals surface area contributed by atoms with Crippen LogP contribution in [-0.2, 0) is 11.2 Å². The summed E-state index contributed by atoms with van der Waals surface area (Å²) in [7, 11) is 0. The Morgan fingerprint density at radius 3 is 2.61 bits per heavy atom. The first-order valence-electron chi connectivity index (χ1n) is 7.41. The molecule has 6 heteroatoms. The van der Waals surface area contributed by atoms with Gasteiger partial charge in [-0.1, -0.05) is 29.3 Å². The van der Waals surface area contributed by atoms with E-state index in [9.17, 15) is 4.79 Å². The Labute approximate surface area is 145 Å². The molecule has 1 atom stereocenters. The zero-order valence-electron chi connectivity index (χ0n) is 12.4. The monoisotopic (exact) mass is 350 g/mol. The molecule has 2 aromatic rings. The lowest BCUT2D eigenvalue weighted by molar-refractivity contribution is -0.129. The number of carbonyl (C=O) groups is 1. The minimum atomic E-state index is 0.00284. The highest BCUT2D eigenvalue weighted by Crippen LogP contribution is 2.26. The fraction of sp³-hybridized carbons (Fsp3) is 0.294. The number of halogens is 2. The van der Waals surface area contributed by atoms with Gasteiger partial charge in [0.2, 0.25) is 5.91 Å². The molecule has 1 amide bonds. The third-order valence-corrected chi connectivity index (χ3v) is 4.55. The minimum absolute atomic E-state index is 0.00284. The van der Waals surface area contributed by atoms with Crippen LogP contribution in [0.4, 0.5) is 0 Å². The summed E-state index contributed by atoms with van der Waals surface area (Å²) in [5.41, 5.74) is 0.680. The number of amides is 1. The molecule has 0 radical (unpaired) electrons. The predicted molar refractivity (Wildman–Crippen MR) is 90.0 cm³/mol. The van der Waals surface area contributed by atoms with Crippen LogP contribution in [0.15, 0.2) is 42.7 Å². The maximum Gasteiger partial charge on any atom is 0.227 e. The molecule has 23 heavy (non-hydrogen) atoms. The average Bonchev–Trinajstić information content (AvgIpc) is 3.00. The van der Waals surface area contributed by atoms with E-state index in [1.165, 1.54) is 0 Å². The summed E-state index contributed by atoms with van der Waals surface area (Å²) in [5.74, 6) is 0.786. The molecule has 0 saturated carbocycles. The van der Waals surface area contributed by atoms with Gasteiger partial charge in [0.05, 0.1) is 13.0 Å². The number of aromatic nitrogens is 1. The molecule has 0 spiro atoms. The zero-order valence-corrected chi connectivity index (χ0v) is 13.9.